The third kappa shape index (κ3) is 2.66. The van der Waals surface area contributed by atoms with Gasteiger partial charge in [0.1, 0.15) is 0 Å². The van der Waals surface area contributed by atoms with Gasteiger partial charge >= 0.3 is 0 Å². The van der Waals surface area contributed by atoms with Crippen LogP contribution in [0.25, 0.3) is 32.6 Å². The van der Waals surface area contributed by atoms with Crippen LogP contribution in [-0.4, -0.2) is 4.98 Å². The van der Waals surface area contributed by atoms with Crippen molar-refractivity contribution in [3.05, 3.63) is 115 Å². The molecule has 1 N–H and O–H groups in total. The molecule has 0 radical (unpaired) electrons. The van der Waals surface area contributed by atoms with Crippen LogP contribution in [0.3, 0.4) is 0 Å². The van der Waals surface area contributed by atoms with Crippen LogP contribution in [-0.2, 0) is 0 Å². The second-order valence-electron chi connectivity index (χ2n) is 7.57. The summed E-state index contributed by atoms with van der Waals surface area (Å²) in [4.78, 5) is 5.89. The quantitative estimate of drug-likeness (QED) is 0.328. The van der Waals surface area contributed by atoms with E-state index in [0.29, 0.717) is 0 Å². The minimum absolute atomic E-state index is 1.15. The van der Waals surface area contributed by atoms with Crippen LogP contribution in [0.15, 0.2) is 115 Å². The Labute approximate surface area is 175 Å². The van der Waals surface area contributed by atoms with Crippen molar-refractivity contribution in [2.75, 3.05) is 4.90 Å². The number of hydrogen-bond acceptors (Lipinski definition) is 1. The van der Waals surface area contributed by atoms with Crippen LogP contribution in [0, 0.1) is 0 Å². The van der Waals surface area contributed by atoms with Crippen molar-refractivity contribution in [3.63, 3.8) is 0 Å². The number of H-pyrrole nitrogens is 1. The van der Waals surface area contributed by atoms with Gasteiger partial charge in [-0.2, -0.15) is 0 Å². The predicted molar refractivity (Wildman–Crippen MR) is 128 cm³/mol. The lowest BCUT2D eigenvalue weighted by Crippen LogP contribution is -2.10. The molecule has 0 amide bonds. The molecule has 0 fully saturated rings. The zero-order valence-corrected chi connectivity index (χ0v) is 16.4. The summed E-state index contributed by atoms with van der Waals surface area (Å²) in [5.74, 6) is 0. The predicted octanol–water partition coefficient (Wildman–Crippen LogP) is 7.94. The lowest BCUT2D eigenvalue weighted by molar-refractivity contribution is 1.30. The highest BCUT2D eigenvalue weighted by atomic mass is 15.1. The second kappa shape index (κ2) is 6.78. The molecule has 0 atom stereocenters. The maximum atomic E-state index is 3.53. The van der Waals surface area contributed by atoms with Crippen LogP contribution < -0.4 is 4.90 Å². The Morgan fingerprint density at radius 3 is 2.07 bits per heavy atom. The summed E-state index contributed by atoms with van der Waals surface area (Å²) < 4.78 is 0. The number of benzene rings is 5. The first kappa shape index (κ1) is 16.9. The van der Waals surface area contributed by atoms with Gasteiger partial charge in [-0.1, -0.05) is 72.8 Å². The minimum Gasteiger partial charge on any atom is -0.355 e. The summed E-state index contributed by atoms with van der Waals surface area (Å²) in [5, 5.41) is 4.97. The van der Waals surface area contributed by atoms with E-state index in [1.165, 1.54) is 32.7 Å². The zero-order chi connectivity index (χ0) is 19.9. The molecule has 1 heterocycles. The molecule has 5 aromatic carbocycles. The van der Waals surface area contributed by atoms with E-state index in [0.717, 1.165) is 16.9 Å². The normalized spacial score (nSPS) is 11.3. The fourth-order valence-corrected chi connectivity index (χ4v) is 4.38. The Balaban J connectivity index is 1.64. The molecular formula is C28H20N2. The molecule has 0 aliphatic rings. The molecule has 0 saturated heterocycles. The van der Waals surface area contributed by atoms with Gasteiger partial charge in [0.2, 0.25) is 0 Å². The van der Waals surface area contributed by atoms with Gasteiger partial charge < -0.3 is 9.88 Å². The molecule has 0 aliphatic heterocycles. The van der Waals surface area contributed by atoms with E-state index < -0.39 is 0 Å². The molecule has 6 aromatic rings. The first-order chi connectivity index (χ1) is 14.9. The van der Waals surface area contributed by atoms with Gasteiger partial charge in [-0.3, -0.25) is 0 Å². The van der Waals surface area contributed by atoms with E-state index in [2.05, 4.69) is 125 Å². The number of nitrogens with one attached hydrogen (secondary N) is 1. The Bertz CT molecular complexity index is 1490. The number of anilines is 3. The largest absolute Gasteiger partial charge is 0.355 e. The summed E-state index contributed by atoms with van der Waals surface area (Å²) in [5.41, 5.74) is 5.80. The average molecular weight is 384 g/mol. The Kier molecular flexibility index (Phi) is 3.82. The first-order valence-electron chi connectivity index (χ1n) is 10.2. The number of rotatable bonds is 3. The summed E-state index contributed by atoms with van der Waals surface area (Å²) in [7, 11) is 0. The fourth-order valence-electron chi connectivity index (χ4n) is 4.38. The highest BCUT2D eigenvalue weighted by Crippen LogP contribution is 2.40. The molecule has 0 bridgehead atoms. The Hall–Kier alpha value is -4.04. The van der Waals surface area contributed by atoms with Gasteiger partial charge in [-0.05, 0) is 47.9 Å². The molecule has 1 aromatic heterocycles. The average Bonchev–Trinajstić information content (AvgIpc) is 3.18. The molecule has 0 spiro atoms. The number of nitrogens with zero attached hydrogens (tertiary/aromatic N) is 1. The standard InChI is InChI=1S/C28H20N2/c1-2-11-21(12-3-1)30(28-16-8-10-20-9-4-5-13-23(20)28)22-17-18-27-25(19-22)24-14-6-7-15-26(24)29-27/h1-19,29H. The van der Waals surface area contributed by atoms with Crippen molar-refractivity contribution in [3.8, 4) is 0 Å². The van der Waals surface area contributed by atoms with Crippen molar-refractivity contribution in [2.45, 2.75) is 0 Å². The second-order valence-corrected chi connectivity index (χ2v) is 7.57. The van der Waals surface area contributed by atoms with Crippen molar-refractivity contribution in [1.82, 2.24) is 4.98 Å². The van der Waals surface area contributed by atoms with Crippen molar-refractivity contribution < 1.29 is 0 Å². The van der Waals surface area contributed by atoms with Crippen LogP contribution >= 0.6 is 0 Å². The third-order valence-corrected chi connectivity index (χ3v) is 5.77. The van der Waals surface area contributed by atoms with Crippen LogP contribution in [0.2, 0.25) is 0 Å². The van der Waals surface area contributed by atoms with Gasteiger partial charge in [0.25, 0.3) is 0 Å². The smallest absolute Gasteiger partial charge is 0.0540 e. The van der Waals surface area contributed by atoms with Crippen LogP contribution in [0.1, 0.15) is 0 Å². The minimum atomic E-state index is 1.15. The SMILES string of the molecule is c1ccc(N(c2ccc3[nH]c4ccccc4c3c2)c2cccc3ccccc23)cc1. The topological polar surface area (TPSA) is 19.0 Å². The maximum Gasteiger partial charge on any atom is 0.0540 e. The molecule has 0 unspecified atom stereocenters. The lowest BCUT2D eigenvalue weighted by atomic mass is 10.1. The van der Waals surface area contributed by atoms with Crippen molar-refractivity contribution in [2.24, 2.45) is 0 Å². The number of para-hydroxylation sites is 2. The Morgan fingerprint density at radius 2 is 1.17 bits per heavy atom. The summed E-state index contributed by atoms with van der Waals surface area (Å²) in [6.45, 7) is 0. The highest BCUT2D eigenvalue weighted by molar-refractivity contribution is 6.09. The van der Waals surface area contributed by atoms with Crippen LogP contribution in [0.4, 0.5) is 17.1 Å². The van der Waals surface area contributed by atoms with Crippen molar-refractivity contribution in [1.29, 1.82) is 0 Å². The summed E-state index contributed by atoms with van der Waals surface area (Å²) in [6.07, 6.45) is 0. The number of hydrogen-bond donors (Lipinski definition) is 1. The number of aromatic nitrogens is 1. The summed E-state index contributed by atoms with van der Waals surface area (Å²) in [6, 6.07) is 40.8. The van der Waals surface area contributed by atoms with E-state index in [9.17, 15) is 0 Å². The zero-order valence-electron chi connectivity index (χ0n) is 16.4. The van der Waals surface area contributed by atoms with Gasteiger partial charge in [0.05, 0.1) is 5.69 Å². The fraction of sp³-hybridized carbons (Fsp3) is 0. The highest BCUT2D eigenvalue weighted by Gasteiger charge is 2.16. The number of aromatic amines is 1. The van der Waals surface area contributed by atoms with Gasteiger partial charge in [0, 0.05) is 38.6 Å². The summed E-state index contributed by atoms with van der Waals surface area (Å²) >= 11 is 0. The van der Waals surface area contributed by atoms with Crippen molar-refractivity contribution >= 4 is 49.6 Å². The van der Waals surface area contributed by atoms with E-state index >= 15 is 0 Å². The van der Waals surface area contributed by atoms with Gasteiger partial charge in [-0.15, -0.1) is 0 Å². The van der Waals surface area contributed by atoms with Gasteiger partial charge in [0.15, 0.2) is 0 Å². The first-order valence-corrected chi connectivity index (χ1v) is 10.2. The van der Waals surface area contributed by atoms with E-state index in [4.69, 9.17) is 0 Å². The molecule has 30 heavy (non-hydrogen) atoms. The van der Waals surface area contributed by atoms with E-state index in [1.807, 2.05) is 0 Å². The Morgan fingerprint density at radius 1 is 0.467 bits per heavy atom. The monoisotopic (exact) mass is 384 g/mol. The maximum absolute atomic E-state index is 3.53. The van der Waals surface area contributed by atoms with E-state index in [1.54, 1.807) is 0 Å². The number of fused-ring (bicyclic) bond motifs is 4. The molecular weight excluding hydrogens is 364 g/mol. The molecule has 2 heteroatoms. The molecule has 2 nitrogen and oxygen atoms in total. The lowest BCUT2D eigenvalue weighted by Gasteiger charge is -2.27. The molecule has 0 saturated carbocycles. The van der Waals surface area contributed by atoms with E-state index in [-0.39, 0.29) is 0 Å². The third-order valence-electron chi connectivity index (χ3n) is 5.77. The van der Waals surface area contributed by atoms with Crippen LogP contribution in [0.5, 0.6) is 0 Å². The molecule has 6 rings (SSSR count). The molecule has 0 aliphatic carbocycles. The van der Waals surface area contributed by atoms with Gasteiger partial charge in [-0.25, -0.2) is 0 Å². The molecule has 142 valence electrons.